The topological polar surface area (TPSA) is 43.8 Å². The number of rotatable bonds is 5. The van der Waals surface area contributed by atoms with Crippen LogP contribution in [-0.4, -0.2) is 49.2 Å². The van der Waals surface area contributed by atoms with E-state index in [4.69, 9.17) is 5.11 Å². The van der Waals surface area contributed by atoms with Crippen molar-refractivity contribution in [1.29, 1.82) is 0 Å². The molecule has 1 aromatic rings. The van der Waals surface area contributed by atoms with Gasteiger partial charge in [0.25, 0.3) is 0 Å². The van der Waals surface area contributed by atoms with Gasteiger partial charge in [-0.3, -0.25) is 0 Å². The molecule has 1 fully saturated rings. The van der Waals surface area contributed by atoms with Crippen LogP contribution in [-0.2, 0) is 4.79 Å². The molecular weight excluding hydrogens is 332 g/mol. The van der Waals surface area contributed by atoms with Crippen LogP contribution in [0.5, 0.6) is 0 Å². The summed E-state index contributed by atoms with van der Waals surface area (Å²) in [6.45, 7) is 2.03. The van der Waals surface area contributed by atoms with Gasteiger partial charge in [-0.2, -0.15) is 0 Å². The van der Waals surface area contributed by atoms with E-state index in [9.17, 15) is 4.79 Å². The van der Waals surface area contributed by atoms with Crippen LogP contribution in [0.25, 0.3) is 6.08 Å². The van der Waals surface area contributed by atoms with E-state index in [-0.39, 0.29) is 0 Å². The van der Waals surface area contributed by atoms with Gasteiger partial charge in [0, 0.05) is 35.4 Å². The van der Waals surface area contributed by atoms with Crippen LogP contribution in [0.3, 0.4) is 0 Å². The van der Waals surface area contributed by atoms with Crippen molar-refractivity contribution >= 4 is 33.7 Å². The van der Waals surface area contributed by atoms with Gasteiger partial charge in [0.2, 0.25) is 0 Å². The van der Waals surface area contributed by atoms with Crippen LogP contribution in [0, 0.1) is 0 Å². The maximum atomic E-state index is 10.8. The zero-order valence-corrected chi connectivity index (χ0v) is 14.0. The minimum absolute atomic E-state index is 0.478. The Morgan fingerprint density at radius 1 is 1.52 bits per heavy atom. The van der Waals surface area contributed by atoms with Crippen molar-refractivity contribution in [2.24, 2.45) is 0 Å². The molecule has 114 valence electrons. The van der Waals surface area contributed by atoms with Crippen molar-refractivity contribution in [3.05, 3.63) is 34.3 Å². The van der Waals surface area contributed by atoms with Gasteiger partial charge in [-0.1, -0.05) is 22.0 Å². The zero-order chi connectivity index (χ0) is 15.4. The first kappa shape index (κ1) is 16.0. The molecule has 0 bridgehead atoms. The largest absolute Gasteiger partial charge is 0.478 e. The Balaban J connectivity index is 2.32. The molecule has 21 heavy (non-hydrogen) atoms. The lowest BCUT2D eigenvalue weighted by atomic mass is 10.1. The molecule has 1 unspecified atom stereocenters. The molecule has 5 heteroatoms. The van der Waals surface area contributed by atoms with Gasteiger partial charge in [-0.15, -0.1) is 0 Å². The molecule has 4 nitrogen and oxygen atoms in total. The number of aliphatic carboxylic acids is 1. The summed E-state index contributed by atoms with van der Waals surface area (Å²) in [4.78, 5) is 15.4. The monoisotopic (exact) mass is 352 g/mol. The van der Waals surface area contributed by atoms with E-state index in [1.165, 1.54) is 18.9 Å². The zero-order valence-electron chi connectivity index (χ0n) is 12.4. The molecule has 0 aliphatic carbocycles. The quantitative estimate of drug-likeness (QED) is 0.827. The third kappa shape index (κ3) is 4.32. The summed E-state index contributed by atoms with van der Waals surface area (Å²) in [6.07, 6.45) is 5.22. The second-order valence-corrected chi connectivity index (χ2v) is 6.54. The summed E-state index contributed by atoms with van der Waals surface area (Å²) in [6, 6.07) is 6.47. The highest BCUT2D eigenvalue weighted by atomic mass is 79.9. The van der Waals surface area contributed by atoms with E-state index in [0.717, 1.165) is 28.8 Å². The maximum absolute atomic E-state index is 10.8. The lowest BCUT2D eigenvalue weighted by Gasteiger charge is -2.30. The van der Waals surface area contributed by atoms with E-state index >= 15 is 0 Å². The van der Waals surface area contributed by atoms with E-state index in [1.54, 1.807) is 6.08 Å². The average Bonchev–Trinajstić information content (AvgIpc) is 2.84. The highest BCUT2D eigenvalue weighted by Crippen LogP contribution is 2.32. The van der Waals surface area contributed by atoms with Crippen molar-refractivity contribution in [2.45, 2.75) is 18.9 Å². The second-order valence-electron chi connectivity index (χ2n) is 5.63. The van der Waals surface area contributed by atoms with Crippen LogP contribution in [0.15, 0.2) is 28.7 Å². The molecule has 0 radical (unpaired) electrons. The van der Waals surface area contributed by atoms with Crippen LogP contribution >= 0.6 is 15.9 Å². The Labute approximate surface area is 134 Å². The van der Waals surface area contributed by atoms with Crippen molar-refractivity contribution in [2.75, 3.05) is 32.1 Å². The Kier molecular flexibility index (Phi) is 5.42. The fraction of sp³-hybridized carbons (Fsp3) is 0.438. The average molecular weight is 353 g/mol. The molecule has 0 aromatic heterocycles. The minimum Gasteiger partial charge on any atom is -0.478 e. The molecule has 0 saturated carbocycles. The summed E-state index contributed by atoms with van der Waals surface area (Å²) >= 11 is 3.52. The number of halogens is 1. The molecule has 0 amide bonds. The predicted molar refractivity (Wildman–Crippen MR) is 89.7 cm³/mol. The van der Waals surface area contributed by atoms with Gasteiger partial charge >= 0.3 is 5.97 Å². The second kappa shape index (κ2) is 7.09. The number of hydrogen-bond donors (Lipinski definition) is 1. The molecule has 1 N–H and O–H groups in total. The van der Waals surface area contributed by atoms with Crippen molar-refractivity contribution in [1.82, 2.24) is 4.90 Å². The fourth-order valence-electron chi connectivity index (χ4n) is 2.83. The number of carboxylic acid groups (broad SMARTS) is 1. The molecule has 1 heterocycles. The van der Waals surface area contributed by atoms with Gasteiger partial charge in [-0.05, 0) is 50.7 Å². The lowest BCUT2D eigenvalue weighted by molar-refractivity contribution is -0.131. The maximum Gasteiger partial charge on any atom is 0.328 e. The van der Waals surface area contributed by atoms with Crippen molar-refractivity contribution in [3.63, 3.8) is 0 Å². The first-order chi connectivity index (χ1) is 9.97. The van der Waals surface area contributed by atoms with Crippen LogP contribution in [0.4, 0.5) is 5.69 Å². The normalized spacial score (nSPS) is 18.9. The van der Waals surface area contributed by atoms with Gasteiger partial charge in [0.15, 0.2) is 0 Å². The van der Waals surface area contributed by atoms with E-state index in [1.807, 2.05) is 12.1 Å². The van der Waals surface area contributed by atoms with Gasteiger partial charge < -0.3 is 14.9 Å². The first-order valence-electron chi connectivity index (χ1n) is 7.09. The van der Waals surface area contributed by atoms with Crippen LogP contribution < -0.4 is 4.90 Å². The number of likely N-dealkylation sites (N-methyl/N-ethyl adjacent to an activating group) is 1. The Morgan fingerprint density at radius 3 is 2.95 bits per heavy atom. The van der Waals surface area contributed by atoms with E-state index in [0.29, 0.717) is 6.04 Å². The van der Waals surface area contributed by atoms with Crippen LogP contribution in [0.2, 0.25) is 0 Å². The van der Waals surface area contributed by atoms with Crippen LogP contribution in [0.1, 0.15) is 18.4 Å². The standard InChI is InChI=1S/C16H21BrN2O2/c1-18(2)11-14-4-3-9-19(14)15-10-13(17)7-5-12(15)6-8-16(20)21/h5-8,10,14H,3-4,9,11H2,1-2H3,(H,20,21). The third-order valence-corrected chi connectivity index (χ3v) is 4.15. The number of hydrogen-bond acceptors (Lipinski definition) is 3. The number of anilines is 1. The van der Waals surface area contributed by atoms with Crippen molar-refractivity contribution < 1.29 is 9.90 Å². The third-order valence-electron chi connectivity index (χ3n) is 3.66. The predicted octanol–water partition coefficient (Wildman–Crippen LogP) is 3.08. The summed E-state index contributed by atoms with van der Waals surface area (Å²) in [5.41, 5.74) is 2.05. The molecule has 1 aliphatic heterocycles. The smallest absolute Gasteiger partial charge is 0.328 e. The van der Waals surface area contributed by atoms with Crippen molar-refractivity contribution in [3.8, 4) is 0 Å². The fourth-order valence-corrected chi connectivity index (χ4v) is 3.18. The number of carbonyl (C=O) groups is 1. The highest BCUT2D eigenvalue weighted by Gasteiger charge is 2.26. The summed E-state index contributed by atoms with van der Waals surface area (Å²) in [7, 11) is 4.17. The Bertz CT molecular complexity index is 543. The van der Waals surface area contributed by atoms with Gasteiger partial charge in [0.05, 0.1) is 0 Å². The molecular formula is C16H21BrN2O2. The molecule has 1 saturated heterocycles. The molecule has 1 aromatic carbocycles. The van der Waals surface area contributed by atoms with Gasteiger partial charge in [0.1, 0.15) is 0 Å². The molecule has 1 aliphatic rings. The summed E-state index contributed by atoms with van der Waals surface area (Å²) in [5.74, 6) is -0.921. The van der Waals surface area contributed by atoms with E-state index in [2.05, 4.69) is 45.9 Å². The minimum atomic E-state index is -0.921. The Morgan fingerprint density at radius 2 is 2.29 bits per heavy atom. The SMILES string of the molecule is CN(C)CC1CCCN1c1cc(Br)ccc1C=CC(=O)O. The number of carboxylic acids is 1. The summed E-state index contributed by atoms with van der Waals surface area (Å²) < 4.78 is 1.01. The number of nitrogens with zero attached hydrogens (tertiary/aromatic N) is 2. The number of benzene rings is 1. The summed E-state index contributed by atoms with van der Waals surface area (Å²) in [5, 5.41) is 8.84. The molecule has 1 atom stereocenters. The molecule has 2 rings (SSSR count). The highest BCUT2D eigenvalue weighted by molar-refractivity contribution is 9.10. The molecule has 0 spiro atoms. The first-order valence-corrected chi connectivity index (χ1v) is 7.88. The van der Waals surface area contributed by atoms with E-state index < -0.39 is 5.97 Å². The Hall–Kier alpha value is -1.33. The van der Waals surface area contributed by atoms with Gasteiger partial charge in [-0.25, -0.2) is 4.79 Å². The lowest BCUT2D eigenvalue weighted by Crippen LogP contribution is -2.37.